The van der Waals surface area contributed by atoms with Crippen LogP contribution in [0.15, 0.2) is 12.4 Å². The molecule has 0 aliphatic carbocycles. The number of hydrogen-bond donors (Lipinski definition) is 1. The molecule has 0 fully saturated rings. The van der Waals surface area contributed by atoms with Crippen molar-refractivity contribution in [2.75, 3.05) is 13.7 Å². The standard InChI is InChI=1S/C11H19N3O2/c1-4-5-12-10(11(15)16-3)8-14-7-9(2)6-13-14/h6-7,10,12H,4-5,8H2,1-3H3. The molecule has 1 unspecified atom stereocenters. The Kier molecular flexibility index (Phi) is 4.98. The number of hydrogen-bond acceptors (Lipinski definition) is 4. The highest BCUT2D eigenvalue weighted by atomic mass is 16.5. The first-order chi connectivity index (χ1) is 7.67. The van der Waals surface area contributed by atoms with Gasteiger partial charge in [0, 0.05) is 6.20 Å². The summed E-state index contributed by atoms with van der Waals surface area (Å²) in [4.78, 5) is 11.5. The van der Waals surface area contributed by atoms with Gasteiger partial charge in [0.25, 0.3) is 0 Å². The zero-order valence-corrected chi connectivity index (χ0v) is 10.1. The van der Waals surface area contributed by atoms with E-state index in [9.17, 15) is 4.79 Å². The van der Waals surface area contributed by atoms with Crippen molar-refractivity contribution in [1.29, 1.82) is 0 Å². The lowest BCUT2D eigenvalue weighted by molar-refractivity contribution is -0.143. The van der Waals surface area contributed by atoms with Crippen molar-refractivity contribution in [2.24, 2.45) is 0 Å². The van der Waals surface area contributed by atoms with Gasteiger partial charge in [-0.25, -0.2) is 0 Å². The van der Waals surface area contributed by atoms with E-state index in [2.05, 4.69) is 17.3 Å². The second-order valence-corrected chi connectivity index (χ2v) is 3.77. The molecule has 5 nitrogen and oxygen atoms in total. The highest BCUT2D eigenvalue weighted by Gasteiger charge is 2.18. The van der Waals surface area contributed by atoms with Crippen LogP contribution in [-0.4, -0.2) is 35.4 Å². The Morgan fingerprint density at radius 1 is 1.69 bits per heavy atom. The quantitative estimate of drug-likeness (QED) is 0.725. The van der Waals surface area contributed by atoms with Gasteiger partial charge in [-0.1, -0.05) is 6.92 Å². The molecule has 0 aromatic carbocycles. The topological polar surface area (TPSA) is 56.2 Å². The Hall–Kier alpha value is -1.36. The summed E-state index contributed by atoms with van der Waals surface area (Å²) in [7, 11) is 1.40. The molecule has 1 aromatic heterocycles. The predicted octanol–water partition coefficient (Wildman–Crippen LogP) is 0.733. The molecule has 5 heteroatoms. The Labute approximate surface area is 95.8 Å². The predicted molar refractivity (Wildman–Crippen MR) is 61.1 cm³/mol. The first-order valence-electron chi connectivity index (χ1n) is 5.47. The maximum atomic E-state index is 11.5. The zero-order chi connectivity index (χ0) is 12.0. The molecule has 0 bridgehead atoms. The second kappa shape index (κ2) is 6.27. The molecule has 1 aromatic rings. The van der Waals surface area contributed by atoms with Crippen LogP contribution in [0.2, 0.25) is 0 Å². The minimum Gasteiger partial charge on any atom is -0.468 e. The molecule has 1 rings (SSSR count). The minimum atomic E-state index is -0.329. The molecule has 0 amide bonds. The lowest BCUT2D eigenvalue weighted by Gasteiger charge is -2.15. The van der Waals surface area contributed by atoms with Crippen molar-refractivity contribution in [3.05, 3.63) is 18.0 Å². The van der Waals surface area contributed by atoms with Gasteiger partial charge in [0.05, 0.1) is 19.9 Å². The van der Waals surface area contributed by atoms with Gasteiger partial charge in [-0.15, -0.1) is 0 Å². The summed E-state index contributed by atoms with van der Waals surface area (Å²) in [5, 5.41) is 7.29. The number of esters is 1. The van der Waals surface area contributed by atoms with E-state index in [1.165, 1.54) is 7.11 Å². The third-order valence-electron chi connectivity index (χ3n) is 2.26. The molecule has 0 aliphatic heterocycles. The van der Waals surface area contributed by atoms with Gasteiger partial charge in [-0.05, 0) is 25.5 Å². The highest BCUT2D eigenvalue weighted by molar-refractivity contribution is 5.75. The Morgan fingerprint density at radius 2 is 2.44 bits per heavy atom. The monoisotopic (exact) mass is 225 g/mol. The van der Waals surface area contributed by atoms with E-state index in [1.807, 2.05) is 13.1 Å². The summed E-state index contributed by atoms with van der Waals surface area (Å²) in [6.07, 6.45) is 4.66. The van der Waals surface area contributed by atoms with Crippen LogP contribution in [0.4, 0.5) is 0 Å². The van der Waals surface area contributed by atoms with Gasteiger partial charge in [0.1, 0.15) is 6.04 Å². The number of methoxy groups -OCH3 is 1. The normalized spacial score (nSPS) is 12.4. The molecule has 1 N–H and O–H groups in total. The number of aromatic nitrogens is 2. The fourth-order valence-electron chi connectivity index (χ4n) is 1.44. The summed E-state index contributed by atoms with van der Waals surface area (Å²) in [6, 6.07) is -0.329. The van der Waals surface area contributed by atoms with Crippen LogP contribution in [0.1, 0.15) is 18.9 Å². The van der Waals surface area contributed by atoms with Crippen molar-refractivity contribution in [1.82, 2.24) is 15.1 Å². The Bertz CT molecular complexity index is 336. The molecule has 16 heavy (non-hydrogen) atoms. The molecule has 0 saturated heterocycles. The zero-order valence-electron chi connectivity index (χ0n) is 10.1. The largest absolute Gasteiger partial charge is 0.468 e. The van der Waals surface area contributed by atoms with Crippen molar-refractivity contribution in [3.8, 4) is 0 Å². The number of ether oxygens (including phenoxy) is 1. The summed E-state index contributed by atoms with van der Waals surface area (Å²) in [5.74, 6) is -0.249. The van der Waals surface area contributed by atoms with Crippen LogP contribution < -0.4 is 5.32 Å². The van der Waals surface area contributed by atoms with E-state index in [0.29, 0.717) is 6.54 Å². The average Bonchev–Trinajstić information content (AvgIpc) is 2.69. The highest BCUT2D eigenvalue weighted by Crippen LogP contribution is 1.98. The molecule has 1 heterocycles. The first kappa shape index (κ1) is 12.7. The van der Waals surface area contributed by atoms with E-state index >= 15 is 0 Å². The lowest BCUT2D eigenvalue weighted by Crippen LogP contribution is -2.41. The Morgan fingerprint density at radius 3 is 2.94 bits per heavy atom. The van der Waals surface area contributed by atoms with Gasteiger partial charge < -0.3 is 10.1 Å². The van der Waals surface area contributed by atoms with E-state index in [1.54, 1.807) is 10.9 Å². The molecule has 90 valence electrons. The average molecular weight is 225 g/mol. The smallest absolute Gasteiger partial charge is 0.324 e. The number of nitrogens with zero attached hydrogens (tertiary/aromatic N) is 2. The summed E-state index contributed by atoms with van der Waals surface area (Å²) in [6.45, 7) is 5.32. The van der Waals surface area contributed by atoms with E-state index in [4.69, 9.17) is 4.74 Å². The lowest BCUT2D eigenvalue weighted by atomic mass is 10.3. The summed E-state index contributed by atoms with van der Waals surface area (Å²) in [5.41, 5.74) is 1.08. The maximum absolute atomic E-state index is 11.5. The van der Waals surface area contributed by atoms with Crippen LogP contribution in [-0.2, 0) is 16.1 Å². The van der Waals surface area contributed by atoms with E-state index < -0.39 is 0 Å². The van der Waals surface area contributed by atoms with Crippen LogP contribution in [0.25, 0.3) is 0 Å². The third-order valence-corrected chi connectivity index (χ3v) is 2.26. The van der Waals surface area contributed by atoms with Crippen LogP contribution in [0.5, 0.6) is 0 Å². The summed E-state index contributed by atoms with van der Waals surface area (Å²) < 4.78 is 6.50. The van der Waals surface area contributed by atoms with Gasteiger partial charge >= 0.3 is 5.97 Å². The SMILES string of the molecule is CCCNC(Cn1cc(C)cn1)C(=O)OC. The molecule has 0 aliphatic rings. The molecular weight excluding hydrogens is 206 g/mol. The van der Waals surface area contributed by atoms with Crippen molar-refractivity contribution in [2.45, 2.75) is 32.9 Å². The Balaban J connectivity index is 2.59. The molecular formula is C11H19N3O2. The minimum absolute atomic E-state index is 0.249. The van der Waals surface area contributed by atoms with Gasteiger partial charge in [0.15, 0.2) is 0 Å². The number of aryl methyl sites for hydroxylation is 1. The van der Waals surface area contributed by atoms with Crippen molar-refractivity contribution < 1.29 is 9.53 Å². The number of nitrogens with one attached hydrogen (secondary N) is 1. The number of carbonyl (C=O) groups excluding carboxylic acids is 1. The van der Waals surface area contributed by atoms with Crippen LogP contribution >= 0.6 is 0 Å². The maximum Gasteiger partial charge on any atom is 0.324 e. The van der Waals surface area contributed by atoms with Crippen molar-refractivity contribution >= 4 is 5.97 Å². The second-order valence-electron chi connectivity index (χ2n) is 3.77. The van der Waals surface area contributed by atoms with Gasteiger partial charge in [0.2, 0.25) is 0 Å². The van der Waals surface area contributed by atoms with Crippen molar-refractivity contribution in [3.63, 3.8) is 0 Å². The molecule has 1 atom stereocenters. The van der Waals surface area contributed by atoms with E-state index in [-0.39, 0.29) is 12.0 Å². The summed E-state index contributed by atoms with van der Waals surface area (Å²) >= 11 is 0. The molecule has 0 radical (unpaired) electrons. The third kappa shape index (κ3) is 3.66. The number of rotatable bonds is 6. The van der Waals surface area contributed by atoms with E-state index in [0.717, 1.165) is 18.5 Å². The number of carbonyl (C=O) groups is 1. The first-order valence-corrected chi connectivity index (χ1v) is 5.47. The van der Waals surface area contributed by atoms with Crippen LogP contribution in [0.3, 0.4) is 0 Å². The fourth-order valence-corrected chi connectivity index (χ4v) is 1.44. The fraction of sp³-hybridized carbons (Fsp3) is 0.636. The van der Waals surface area contributed by atoms with Crippen LogP contribution in [0, 0.1) is 6.92 Å². The molecule has 0 spiro atoms. The van der Waals surface area contributed by atoms with Gasteiger partial charge in [-0.2, -0.15) is 5.10 Å². The molecule has 0 saturated carbocycles. The van der Waals surface area contributed by atoms with Gasteiger partial charge in [-0.3, -0.25) is 9.48 Å².